The molecule has 2 aromatic rings. The van der Waals surface area contributed by atoms with Crippen molar-refractivity contribution in [3.05, 3.63) is 47.2 Å². The van der Waals surface area contributed by atoms with Gasteiger partial charge in [0.2, 0.25) is 0 Å². The van der Waals surface area contributed by atoms with Crippen LogP contribution in [0.4, 0.5) is 0 Å². The van der Waals surface area contributed by atoms with Gasteiger partial charge < -0.3 is 14.4 Å². The van der Waals surface area contributed by atoms with Gasteiger partial charge in [0.25, 0.3) is 5.91 Å². The van der Waals surface area contributed by atoms with Crippen molar-refractivity contribution in [3.8, 4) is 11.3 Å². The molecule has 2 heterocycles. The molecule has 1 saturated heterocycles. The van der Waals surface area contributed by atoms with Gasteiger partial charge in [-0.05, 0) is 33.6 Å². The lowest BCUT2D eigenvalue weighted by Crippen LogP contribution is -2.48. The molecule has 5 heteroatoms. The minimum Gasteiger partial charge on any atom is -0.481 e. The summed E-state index contributed by atoms with van der Waals surface area (Å²) in [5, 5.41) is 9.50. The molecule has 1 unspecified atom stereocenters. The number of aryl methyl sites for hydroxylation is 1. The summed E-state index contributed by atoms with van der Waals surface area (Å²) in [6, 6.07) is 9.53. The number of piperidine rings is 1. The van der Waals surface area contributed by atoms with Crippen molar-refractivity contribution in [1.82, 2.24) is 4.90 Å². The van der Waals surface area contributed by atoms with Crippen LogP contribution in [0.3, 0.4) is 0 Å². The fraction of sp³-hybridized carbons (Fsp3) is 0.400. The van der Waals surface area contributed by atoms with E-state index in [1.807, 2.05) is 44.2 Å². The molecule has 1 aliphatic rings. The summed E-state index contributed by atoms with van der Waals surface area (Å²) in [6.07, 6.45) is 1.27. The molecule has 1 aliphatic heterocycles. The van der Waals surface area contributed by atoms with Gasteiger partial charge in [0.15, 0.2) is 0 Å². The monoisotopic (exact) mass is 341 g/mol. The molecule has 1 N–H and O–H groups in total. The molecule has 5 nitrogen and oxygen atoms in total. The van der Waals surface area contributed by atoms with E-state index in [1.165, 1.54) is 0 Å². The SMILES string of the molecule is Cc1oc(-c2ccccc2)c(C(=O)N2CCCC(C)(C(=O)O)C2)c1C. The molecule has 1 amide bonds. The quantitative estimate of drug-likeness (QED) is 0.919. The fourth-order valence-corrected chi connectivity index (χ4v) is 3.42. The zero-order valence-corrected chi connectivity index (χ0v) is 14.8. The van der Waals surface area contributed by atoms with Crippen molar-refractivity contribution in [1.29, 1.82) is 0 Å². The maximum Gasteiger partial charge on any atom is 0.311 e. The molecule has 3 rings (SSSR count). The summed E-state index contributed by atoms with van der Waals surface area (Å²) in [5.41, 5.74) is 1.30. The standard InChI is InChI=1S/C20H23NO4/c1-13-14(2)25-17(15-8-5-4-6-9-15)16(13)18(22)21-11-7-10-20(3,12-21)19(23)24/h4-6,8-9H,7,10-12H2,1-3H3,(H,23,24). The van der Waals surface area contributed by atoms with Crippen LogP contribution in [0.25, 0.3) is 11.3 Å². The maximum absolute atomic E-state index is 13.2. The molecule has 1 aromatic carbocycles. The van der Waals surface area contributed by atoms with E-state index in [2.05, 4.69) is 0 Å². The van der Waals surface area contributed by atoms with Gasteiger partial charge in [-0.1, -0.05) is 30.3 Å². The van der Waals surface area contributed by atoms with Gasteiger partial charge in [0.05, 0.1) is 11.0 Å². The van der Waals surface area contributed by atoms with Gasteiger partial charge in [-0.2, -0.15) is 0 Å². The number of benzene rings is 1. The molecule has 1 atom stereocenters. The van der Waals surface area contributed by atoms with Crippen LogP contribution in [-0.4, -0.2) is 35.0 Å². The number of nitrogens with zero attached hydrogens (tertiary/aromatic N) is 1. The Morgan fingerprint density at radius 3 is 2.52 bits per heavy atom. The first kappa shape index (κ1) is 17.3. The number of hydrogen-bond donors (Lipinski definition) is 1. The number of carboxylic acids is 1. The van der Waals surface area contributed by atoms with Gasteiger partial charge >= 0.3 is 5.97 Å². The minimum absolute atomic E-state index is 0.152. The summed E-state index contributed by atoms with van der Waals surface area (Å²) in [5.74, 6) is 0.261. The second-order valence-electron chi connectivity index (χ2n) is 7.05. The van der Waals surface area contributed by atoms with E-state index in [-0.39, 0.29) is 12.5 Å². The number of rotatable bonds is 3. The Kier molecular flexibility index (Phi) is 4.41. The van der Waals surface area contributed by atoms with Crippen LogP contribution >= 0.6 is 0 Å². The van der Waals surface area contributed by atoms with Gasteiger partial charge in [-0.3, -0.25) is 9.59 Å². The average molecular weight is 341 g/mol. The molecule has 1 aromatic heterocycles. The van der Waals surface area contributed by atoms with Gasteiger partial charge in [0, 0.05) is 24.2 Å². The van der Waals surface area contributed by atoms with Crippen molar-refractivity contribution >= 4 is 11.9 Å². The molecule has 0 radical (unpaired) electrons. The third kappa shape index (κ3) is 3.06. The molecular weight excluding hydrogens is 318 g/mol. The molecule has 132 valence electrons. The molecule has 0 bridgehead atoms. The van der Waals surface area contributed by atoms with Crippen LogP contribution in [0.2, 0.25) is 0 Å². The highest BCUT2D eigenvalue weighted by atomic mass is 16.4. The maximum atomic E-state index is 13.2. The van der Waals surface area contributed by atoms with E-state index in [9.17, 15) is 14.7 Å². The number of amides is 1. The van der Waals surface area contributed by atoms with E-state index in [0.29, 0.717) is 36.5 Å². The van der Waals surface area contributed by atoms with E-state index in [4.69, 9.17) is 4.42 Å². The summed E-state index contributed by atoms with van der Waals surface area (Å²) >= 11 is 0. The highest BCUT2D eigenvalue weighted by Crippen LogP contribution is 2.35. The topological polar surface area (TPSA) is 70.8 Å². The Morgan fingerprint density at radius 2 is 1.88 bits per heavy atom. The highest BCUT2D eigenvalue weighted by Gasteiger charge is 2.40. The summed E-state index contributed by atoms with van der Waals surface area (Å²) in [4.78, 5) is 26.4. The lowest BCUT2D eigenvalue weighted by molar-refractivity contribution is -0.150. The van der Waals surface area contributed by atoms with E-state index < -0.39 is 11.4 Å². The van der Waals surface area contributed by atoms with Crippen molar-refractivity contribution < 1.29 is 19.1 Å². The Morgan fingerprint density at radius 1 is 1.20 bits per heavy atom. The largest absolute Gasteiger partial charge is 0.481 e. The van der Waals surface area contributed by atoms with E-state index in [0.717, 1.165) is 11.1 Å². The second-order valence-corrected chi connectivity index (χ2v) is 7.05. The molecule has 0 spiro atoms. The molecule has 0 aliphatic carbocycles. The predicted octanol–water partition coefficient (Wildman–Crippen LogP) is 3.89. The normalized spacial score (nSPS) is 20.5. The first-order valence-corrected chi connectivity index (χ1v) is 8.51. The van der Waals surface area contributed by atoms with Gasteiger partial charge in [-0.15, -0.1) is 0 Å². The average Bonchev–Trinajstić information content (AvgIpc) is 2.90. The van der Waals surface area contributed by atoms with Crippen molar-refractivity contribution in [2.24, 2.45) is 5.41 Å². The molecule has 0 saturated carbocycles. The van der Waals surface area contributed by atoms with Gasteiger partial charge in [-0.25, -0.2) is 0 Å². The van der Waals surface area contributed by atoms with Crippen molar-refractivity contribution in [2.75, 3.05) is 13.1 Å². The summed E-state index contributed by atoms with van der Waals surface area (Å²) in [7, 11) is 0. The molecule has 25 heavy (non-hydrogen) atoms. The van der Waals surface area contributed by atoms with Crippen LogP contribution in [0.5, 0.6) is 0 Å². The summed E-state index contributed by atoms with van der Waals surface area (Å²) in [6.45, 7) is 6.22. The number of hydrogen-bond acceptors (Lipinski definition) is 3. The third-order valence-electron chi connectivity index (χ3n) is 5.14. The van der Waals surface area contributed by atoms with E-state index >= 15 is 0 Å². The van der Waals surface area contributed by atoms with Crippen LogP contribution in [0, 0.1) is 19.3 Å². The smallest absolute Gasteiger partial charge is 0.311 e. The van der Waals surface area contributed by atoms with Gasteiger partial charge in [0.1, 0.15) is 11.5 Å². The Balaban J connectivity index is 1.99. The predicted molar refractivity (Wildman–Crippen MR) is 94.5 cm³/mol. The minimum atomic E-state index is -0.895. The molecular formula is C20H23NO4. The lowest BCUT2D eigenvalue weighted by atomic mass is 9.81. The fourth-order valence-electron chi connectivity index (χ4n) is 3.42. The summed E-state index contributed by atoms with van der Waals surface area (Å²) < 4.78 is 5.88. The Labute approximate surface area is 147 Å². The third-order valence-corrected chi connectivity index (χ3v) is 5.14. The highest BCUT2D eigenvalue weighted by molar-refractivity contribution is 6.01. The number of carbonyl (C=O) groups is 2. The van der Waals surface area contributed by atoms with Crippen LogP contribution in [-0.2, 0) is 4.79 Å². The number of carboxylic acid groups (broad SMARTS) is 1. The zero-order valence-electron chi connectivity index (χ0n) is 14.8. The molecule has 1 fully saturated rings. The number of aliphatic carboxylic acids is 1. The van der Waals surface area contributed by atoms with Crippen molar-refractivity contribution in [3.63, 3.8) is 0 Å². The van der Waals surface area contributed by atoms with Crippen LogP contribution in [0.1, 0.15) is 41.4 Å². The lowest BCUT2D eigenvalue weighted by Gasteiger charge is -2.37. The number of likely N-dealkylation sites (tertiary alicyclic amines) is 1. The first-order chi connectivity index (χ1) is 11.8. The zero-order chi connectivity index (χ0) is 18.2. The first-order valence-electron chi connectivity index (χ1n) is 8.51. The number of furan rings is 1. The van der Waals surface area contributed by atoms with Crippen molar-refractivity contribution in [2.45, 2.75) is 33.6 Å². The Bertz CT molecular complexity index is 809. The number of carbonyl (C=O) groups excluding carboxylic acids is 1. The van der Waals surface area contributed by atoms with Crippen LogP contribution in [0.15, 0.2) is 34.7 Å². The van der Waals surface area contributed by atoms with E-state index in [1.54, 1.807) is 11.8 Å². The second kappa shape index (κ2) is 6.39. The Hall–Kier alpha value is -2.56. The van der Waals surface area contributed by atoms with Crippen LogP contribution < -0.4 is 0 Å².